The van der Waals surface area contributed by atoms with Crippen molar-refractivity contribution >= 4 is 11.9 Å². The number of hydrogen-bond acceptors (Lipinski definition) is 3. The molecule has 3 heteroatoms. The number of esters is 2. The first-order valence-corrected chi connectivity index (χ1v) is 4.44. The molecule has 0 aromatic carbocycles. The molecule has 0 aliphatic heterocycles. The molecule has 0 amide bonds. The van der Waals surface area contributed by atoms with Crippen molar-refractivity contribution in [2.75, 3.05) is 0 Å². The van der Waals surface area contributed by atoms with Crippen molar-refractivity contribution < 1.29 is 14.3 Å². The van der Waals surface area contributed by atoms with Crippen LogP contribution in [0.5, 0.6) is 0 Å². The lowest BCUT2D eigenvalue weighted by atomic mass is 10.2. The maximum atomic E-state index is 10.8. The first-order valence-electron chi connectivity index (χ1n) is 4.44. The summed E-state index contributed by atoms with van der Waals surface area (Å²) in [6.45, 7) is 3.73. The van der Waals surface area contributed by atoms with Gasteiger partial charge in [0.2, 0.25) is 0 Å². The molecule has 0 fully saturated rings. The Hall–Kier alpha value is -0.860. The van der Waals surface area contributed by atoms with E-state index in [0.29, 0.717) is 6.42 Å². The smallest absolute Gasteiger partial charge is 0.313 e. The highest BCUT2D eigenvalue weighted by Crippen LogP contribution is 2.00. The summed E-state index contributed by atoms with van der Waals surface area (Å²) in [4.78, 5) is 21.5. The van der Waals surface area contributed by atoms with Crippen LogP contribution in [0.3, 0.4) is 0 Å². The van der Waals surface area contributed by atoms with Gasteiger partial charge in [-0.1, -0.05) is 26.7 Å². The van der Waals surface area contributed by atoms with Gasteiger partial charge in [-0.2, -0.15) is 0 Å². The number of carbonyl (C=O) groups is 2. The molecule has 0 aromatic rings. The minimum Gasteiger partial charge on any atom is -0.393 e. The molecule has 70 valence electrons. The van der Waals surface area contributed by atoms with E-state index < -0.39 is 11.9 Å². The van der Waals surface area contributed by atoms with Crippen LogP contribution in [0.1, 0.15) is 46.0 Å². The summed E-state index contributed by atoms with van der Waals surface area (Å²) in [6, 6.07) is 0. The molecule has 0 radical (unpaired) electrons. The predicted molar refractivity (Wildman–Crippen MR) is 45.5 cm³/mol. The van der Waals surface area contributed by atoms with Crippen molar-refractivity contribution in [2.24, 2.45) is 0 Å². The molecule has 0 bridgehead atoms. The third kappa shape index (κ3) is 5.89. The number of unbranched alkanes of at least 4 members (excludes halogenated alkanes) is 2. The summed E-state index contributed by atoms with van der Waals surface area (Å²) >= 11 is 0. The fourth-order valence-electron chi connectivity index (χ4n) is 0.770. The van der Waals surface area contributed by atoms with Gasteiger partial charge in [-0.25, -0.2) is 0 Å². The Morgan fingerprint density at radius 1 is 1.08 bits per heavy atom. The minimum atomic E-state index is -0.434. The summed E-state index contributed by atoms with van der Waals surface area (Å²) in [5, 5.41) is 0. The Kier molecular flexibility index (Phi) is 6.34. The first kappa shape index (κ1) is 11.1. The molecule has 0 spiro atoms. The van der Waals surface area contributed by atoms with E-state index in [-0.39, 0.29) is 6.42 Å². The summed E-state index contributed by atoms with van der Waals surface area (Å²) in [5.41, 5.74) is 0. The fourth-order valence-corrected chi connectivity index (χ4v) is 0.770. The topological polar surface area (TPSA) is 43.4 Å². The Morgan fingerprint density at radius 2 is 1.75 bits per heavy atom. The van der Waals surface area contributed by atoms with Crippen LogP contribution in [-0.2, 0) is 14.3 Å². The van der Waals surface area contributed by atoms with Crippen molar-refractivity contribution in [2.45, 2.75) is 46.0 Å². The third-order valence-electron chi connectivity index (χ3n) is 1.50. The fraction of sp³-hybridized carbons (Fsp3) is 0.778. The average Bonchev–Trinajstić information content (AvgIpc) is 2.05. The Morgan fingerprint density at radius 3 is 2.25 bits per heavy atom. The average molecular weight is 172 g/mol. The van der Waals surface area contributed by atoms with Gasteiger partial charge in [0.1, 0.15) is 0 Å². The third-order valence-corrected chi connectivity index (χ3v) is 1.50. The van der Waals surface area contributed by atoms with E-state index in [2.05, 4.69) is 11.7 Å². The zero-order valence-electron chi connectivity index (χ0n) is 7.76. The van der Waals surface area contributed by atoms with E-state index in [1.807, 2.05) is 0 Å². The lowest BCUT2D eigenvalue weighted by Crippen LogP contribution is -2.10. The van der Waals surface area contributed by atoms with Gasteiger partial charge >= 0.3 is 11.9 Å². The van der Waals surface area contributed by atoms with E-state index in [1.165, 1.54) is 0 Å². The Bertz CT molecular complexity index is 152. The molecule has 0 saturated carbocycles. The van der Waals surface area contributed by atoms with E-state index in [1.54, 1.807) is 6.92 Å². The SMILES string of the molecule is CCCCCC(=O)OC(=O)CC. The molecule has 12 heavy (non-hydrogen) atoms. The molecule has 0 heterocycles. The molecule has 0 rings (SSSR count). The molecule has 0 aliphatic carbocycles. The second kappa shape index (κ2) is 6.83. The van der Waals surface area contributed by atoms with Crippen LogP contribution >= 0.6 is 0 Å². The minimum absolute atomic E-state index is 0.263. The van der Waals surface area contributed by atoms with Gasteiger partial charge in [0, 0.05) is 12.8 Å². The molecule has 0 saturated heterocycles. The van der Waals surface area contributed by atoms with Crippen LogP contribution in [0.2, 0.25) is 0 Å². The molecule has 0 atom stereocenters. The van der Waals surface area contributed by atoms with Gasteiger partial charge in [0.25, 0.3) is 0 Å². The highest BCUT2D eigenvalue weighted by molar-refractivity contribution is 5.85. The second-order valence-electron chi connectivity index (χ2n) is 2.66. The number of rotatable bonds is 5. The maximum absolute atomic E-state index is 10.8. The van der Waals surface area contributed by atoms with Crippen LogP contribution in [-0.4, -0.2) is 11.9 Å². The highest BCUT2D eigenvalue weighted by atomic mass is 16.6. The molecule has 0 unspecified atom stereocenters. The monoisotopic (exact) mass is 172 g/mol. The van der Waals surface area contributed by atoms with Crippen molar-refractivity contribution in [1.29, 1.82) is 0 Å². The zero-order valence-corrected chi connectivity index (χ0v) is 7.76. The van der Waals surface area contributed by atoms with Gasteiger partial charge in [-0.05, 0) is 6.42 Å². The van der Waals surface area contributed by atoms with Gasteiger partial charge < -0.3 is 4.74 Å². The van der Waals surface area contributed by atoms with Crippen molar-refractivity contribution in [3.8, 4) is 0 Å². The molecule has 0 N–H and O–H groups in total. The van der Waals surface area contributed by atoms with Gasteiger partial charge in [0.15, 0.2) is 0 Å². The number of ether oxygens (including phenoxy) is 1. The van der Waals surface area contributed by atoms with Crippen LogP contribution < -0.4 is 0 Å². The standard InChI is InChI=1S/C9H16O3/c1-3-5-6-7-9(11)12-8(10)4-2/h3-7H2,1-2H3. The van der Waals surface area contributed by atoms with Gasteiger partial charge in [-0.15, -0.1) is 0 Å². The number of hydrogen-bond donors (Lipinski definition) is 0. The maximum Gasteiger partial charge on any atom is 0.313 e. The Balaban J connectivity index is 3.40. The summed E-state index contributed by atoms with van der Waals surface area (Å²) in [6.07, 6.45) is 3.51. The summed E-state index contributed by atoms with van der Waals surface area (Å²) in [7, 11) is 0. The van der Waals surface area contributed by atoms with Gasteiger partial charge in [0.05, 0.1) is 0 Å². The van der Waals surface area contributed by atoms with E-state index in [9.17, 15) is 9.59 Å². The summed E-state index contributed by atoms with van der Waals surface area (Å²) in [5.74, 6) is -0.827. The zero-order chi connectivity index (χ0) is 9.40. The largest absolute Gasteiger partial charge is 0.393 e. The van der Waals surface area contributed by atoms with Crippen LogP contribution in [0.15, 0.2) is 0 Å². The first-order chi connectivity index (χ1) is 5.70. The van der Waals surface area contributed by atoms with E-state index in [0.717, 1.165) is 19.3 Å². The highest BCUT2D eigenvalue weighted by Gasteiger charge is 2.06. The van der Waals surface area contributed by atoms with Crippen LogP contribution in [0.25, 0.3) is 0 Å². The second-order valence-corrected chi connectivity index (χ2v) is 2.66. The van der Waals surface area contributed by atoms with Crippen LogP contribution in [0, 0.1) is 0 Å². The van der Waals surface area contributed by atoms with Crippen LogP contribution in [0.4, 0.5) is 0 Å². The molecular formula is C9H16O3. The molecule has 0 aromatic heterocycles. The number of carbonyl (C=O) groups excluding carboxylic acids is 2. The van der Waals surface area contributed by atoms with Gasteiger partial charge in [-0.3, -0.25) is 9.59 Å². The predicted octanol–water partition coefficient (Wildman–Crippen LogP) is 2.05. The van der Waals surface area contributed by atoms with E-state index in [4.69, 9.17) is 0 Å². The van der Waals surface area contributed by atoms with E-state index >= 15 is 0 Å². The molecular weight excluding hydrogens is 156 g/mol. The normalized spacial score (nSPS) is 9.50. The molecule has 3 nitrogen and oxygen atoms in total. The molecule has 0 aliphatic rings. The quantitative estimate of drug-likeness (QED) is 0.362. The Labute approximate surface area is 73.1 Å². The van der Waals surface area contributed by atoms with Crippen molar-refractivity contribution in [3.63, 3.8) is 0 Å². The van der Waals surface area contributed by atoms with Crippen molar-refractivity contribution in [1.82, 2.24) is 0 Å². The lowest BCUT2D eigenvalue weighted by molar-refractivity contribution is -0.159. The van der Waals surface area contributed by atoms with Crippen molar-refractivity contribution in [3.05, 3.63) is 0 Å². The summed E-state index contributed by atoms with van der Waals surface area (Å²) < 4.78 is 4.47. The lowest BCUT2D eigenvalue weighted by Gasteiger charge is -1.99.